The maximum absolute atomic E-state index is 11.0. The lowest BCUT2D eigenvalue weighted by Gasteiger charge is -1.90. The van der Waals surface area contributed by atoms with Gasteiger partial charge in [0.2, 0.25) is 5.12 Å². The van der Waals surface area contributed by atoms with Crippen molar-refractivity contribution in [3.05, 3.63) is 21.5 Å². The van der Waals surface area contributed by atoms with E-state index in [-0.39, 0.29) is 5.12 Å². The SMILES string of the molecule is CC1=C2SCC=C2SC1=O. The van der Waals surface area contributed by atoms with E-state index in [1.807, 2.05) is 6.92 Å². The minimum absolute atomic E-state index is 0.230. The Morgan fingerprint density at radius 2 is 2.40 bits per heavy atom. The van der Waals surface area contributed by atoms with Crippen LogP contribution in [0.25, 0.3) is 0 Å². The molecule has 0 spiro atoms. The molecular weight excluding hydrogens is 164 g/mol. The highest BCUT2D eigenvalue weighted by atomic mass is 32.2. The normalized spacial score (nSPS) is 23.7. The minimum Gasteiger partial charge on any atom is -0.282 e. The van der Waals surface area contributed by atoms with Crippen LogP contribution in [0.1, 0.15) is 6.92 Å². The van der Waals surface area contributed by atoms with Crippen molar-refractivity contribution in [3.8, 4) is 0 Å². The molecule has 0 atom stereocenters. The van der Waals surface area contributed by atoms with Crippen LogP contribution in [-0.2, 0) is 4.79 Å². The Bertz CT molecular complexity index is 263. The topological polar surface area (TPSA) is 17.1 Å². The number of thioether (sulfide) groups is 2. The van der Waals surface area contributed by atoms with E-state index in [1.165, 1.54) is 21.6 Å². The number of carbonyl (C=O) groups is 1. The second kappa shape index (κ2) is 2.17. The Balaban J connectivity index is 2.50. The van der Waals surface area contributed by atoms with Crippen LogP contribution in [0.3, 0.4) is 0 Å². The highest BCUT2D eigenvalue weighted by molar-refractivity contribution is 8.20. The predicted molar refractivity (Wildman–Crippen MR) is 45.8 cm³/mol. The number of hydrogen-bond donors (Lipinski definition) is 0. The van der Waals surface area contributed by atoms with Gasteiger partial charge < -0.3 is 0 Å². The summed E-state index contributed by atoms with van der Waals surface area (Å²) < 4.78 is 0. The van der Waals surface area contributed by atoms with Crippen LogP contribution in [0.5, 0.6) is 0 Å². The van der Waals surface area contributed by atoms with E-state index >= 15 is 0 Å². The van der Waals surface area contributed by atoms with E-state index in [2.05, 4.69) is 6.08 Å². The van der Waals surface area contributed by atoms with Crippen molar-refractivity contribution in [1.82, 2.24) is 0 Å². The standard InChI is InChI=1S/C7H6OS2/c1-4-6-5(2-3-9-6)10-7(4)8/h2H,3H2,1H3. The summed E-state index contributed by atoms with van der Waals surface area (Å²) in [6.07, 6.45) is 2.12. The minimum atomic E-state index is 0.230. The molecule has 0 aliphatic carbocycles. The summed E-state index contributed by atoms with van der Waals surface area (Å²) in [5.41, 5.74) is 0.943. The first-order valence-corrected chi connectivity index (χ1v) is 4.85. The van der Waals surface area contributed by atoms with E-state index in [9.17, 15) is 4.79 Å². The molecule has 0 unspecified atom stereocenters. The van der Waals surface area contributed by atoms with Crippen LogP contribution >= 0.6 is 23.5 Å². The largest absolute Gasteiger partial charge is 0.282 e. The van der Waals surface area contributed by atoms with Crippen molar-refractivity contribution in [3.63, 3.8) is 0 Å². The Labute approximate surface area is 67.9 Å². The van der Waals surface area contributed by atoms with Crippen molar-refractivity contribution >= 4 is 28.6 Å². The molecule has 2 aliphatic heterocycles. The lowest BCUT2D eigenvalue weighted by molar-refractivity contribution is -0.107. The van der Waals surface area contributed by atoms with Gasteiger partial charge in [-0.2, -0.15) is 0 Å². The Kier molecular flexibility index (Phi) is 1.42. The van der Waals surface area contributed by atoms with Crippen molar-refractivity contribution in [1.29, 1.82) is 0 Å². The maximum atomic E-state index is 11.0. The summed E-state index contributed by atoms with van der Waals surface area (Å²) in [5.74, 6) is 1.04. The van der Waals surface area contributed by atoms with Gasteiger partial charge in [-0.15, -0.1) is 11.8 Å². The molecule has 0 aromatic heterocycles. The zero-order valence-corrected chi connectivity index (χ0v) is 7.14. The van der Waals surface area contributed by atoms with Gasteiger partial charge >= 0.3 is 0 Å². The summed E-state index contributed by atoms with van der Waals surface area (Å²) in [6, 6.07) is 0. The van der Waals surface area contributed by atoms with Gasteiger partial charge in [0, 0.05) is 21.1 Å². The molecule has 1 nitrogen and oxygen atoms in total. The lowest BCUT2D eigenvalue weighted by Crippen LogP contribution is -1.85. The van der Waals surface area contributed by atoms with Crippen LogP contribution in [0.2, 0.25) is 0 Å². The zero-order valence-electron chi connectivity index (χ0n) is 5.51. The summed E-state index contributed by atoms with van der Waals surface area (Å²) in [7, 11) is 0. The molecule has 0 amide bonds. The Hall–Kier alpha value is -0.150. The predicted octanol–water partition coefficient (Wildman–Crippen LogP) is 2.16. The van der Waals surface area contributed by atoms with E-state index in [1.54, 1.807) is 11.8 Å². The van der Waals surface area contributed by atoms with E-state index in [0.29, 0.717) is 0 Å². The summed E-state index contributed by atoms with van der Waals surface area (Å²) >= 11 is 3.14. The van der Waals surface area contributed by atoms with Crippen LogP contribution in [0, 0.1) is 0 Å². The lowest BCUT2D eigenvalue weighted by atomic mass is 10.3. The van der Waals surface area contributed by atoms with Gasteiger partial charge in [-0.25, -0.2) is 0 Å². The zero-order chi connectivity index (χ0) is 7.14. The van der Waals surface area contributed by atoms with Crippen molar-refractivity contribution in [2.75, 3.05) is 5.75 Å². The molecular formula is C7H6OS2. The van der Waals surface area contributed by atoms with Crippen LogP contribution in [-0.4, -0.2) is 10.9 Å². The Morgan fingerprint density at radius 3 is 3.10 bits per heavy atom. The molecule has 0 aromatic rings. The fraction of sp³-hybridized carbons (Fsp3) is 0.286. The van der Waals surface area contributed by atoms with Gasteiger partial charge in [-0.1, -0.05) is 6.08 Å². The number of hydrogen-bond acceptors (Lipinski definition) is 3. The number of rotatable bonds is 0. The van der Waals surface area contributed by atoms with Crippen LogP contribution in [0.15, 0.2) is 21.5 Å². The Morgan fingerprint density at radius 1 is 1.60 bits per heavy atom. The smallest absolute Gasteiger partial charge is 0.220 e. The van der Waals surface area contributed by atoms with E-state index in [4.69, 9.17) is 0 Å². The second-order valence-electron chi connectivity index (χ2n) is 2.22. The first-order chi connectivity index (χ1) is 4.79. The molecule has 0 fully saturated rings. The quantitative estimate of drug-likeness (QED) is 0.554. The summed E-state index contributed by atoms with van der Waals surface area (Å²) in [6.45, 7) is 1.91. The molecule has 0 saturated carbocycles. The average Bonchev–Trinajstić information content (AvgIpc) is 2.41. The molecule has 52 valence electrons. The number of carbonyl (C=O) groups excluding carboxylic acids is 1. The van der Waals surface area contributed by atoms with Gasteiger partial charge in [0.15, 0.2) is 0 Å². The molecule has 2 heterocycles. The van der Waals surface area contributed by atoms with E-state index in [0.717, 1.165) is 11.3 Å². The molecule has 0 radical (unpaired) electrons. The van der Waals surface area contributed by atoms with E-state index < -0.39 is 0 Å². The third-order valence-corrected chi connectivity index (χ3v) is 3.93. The first-order valence-electron chi connectivity index (χ1n) is 3.05. The highest BCUT2D eigenvalue weighted by Gasteiger charge is 2.28. The van der Waals surface area contributed by atoms with Gasteiger partial charge in [-0.05, 0) is 18.7 Å². The first kappa shape index (κ1) is 6.55. The molecule has 2 rings (SSSR count). The van der Waals surface area contributed by atoms with Gasteiger partial charge in [0.1, 0.15) is 0 Å². The average molecular weight is 170 g/mol. The van der Waals surface area contributed by atoms with Crippen LogP contribution in [0.4, 0.5) is 0 Å². The summed E-state index contributed by atoms with van der Waals surface area (Å²) in [5, 5.41) is 0.230. The van der Waals surface area contributed by atoms with Gasteiger partial charge in [0.05, 0.1) is 0 Å². The van der Waals surface area contributed by atoms with Crippen molar-refractivity contribution < 1.29 is 4.79 Å². The maximum Gasteiger partial charge on any atom is 0.220 e. The number of fused-ring (bicyclic) bond motifs is 1. The molecule has 0 aromatic carbocycles. The van der Waals surface area contributed by atoms with Crippen LogP contribution < -0.4 is 0 Å². The third kappa shape index (κ3) is 0.772. The fourth-order valence-electron chi connectivity index (χ4n) is 1.01. The summed E-state index contributed by atoms with van der Waals surface area (Å²) in [4.78, 5) is 13.4. The molecule has 3 heteroatoms. The van der Waals surface area contributed by atoms with Crippen molar-refractivity contribution in [2.45, 2.75) is 6.92 Å². The van der Waals surface area contributed by atoms with Crippen molar-refractivity contribution in [2.24, 2.45) is 0 Å². The molecule has 10 heavy (non-hydrogen) atoms. The van der Waals surface area contributed by atoms with Gasteiger partial charge in [-0.3, -0.25) is 4.79 Å². The fourth-order valence-corrected chi connectivity index (χ4v) is 3.31. The third-order valence-electron chi connectivity index (χ3n) is 1.57. The second-order valence-corrected chi connectivity index (χ2v) is 4.27. The highest BCUT2D eigenvalue weighted by Crippen LogP contribution is 2.47. The monoisotopic (exact) mass is 170 g/mol. The van der Waals surface area contributed by atoms with Gasteiger partial charge in [0.25, 0.3) is 0 Å². The molecule has 2 aliphatic rings. The molecule has 0 bridgehead atoms. The molecule has 0 N–H and O–H groups in total. The molecule has 0 saturated heterocycles.